The molecule has 1 aliphatic heterocycles. The van der Waals surface area contributed by atoms with Crippen LogP contribution in [-0.2, 0) is 16.3 Å². The molecule has 0 radical (unpaired) electrons. The van der Waals surface area contributed by atoms with E-state index in [1.807, 2.05) is 18.2 Å². The highest BCUT2D eigenvalue weighted by Gasteiger charge is 2.13. The van der Waals surface area contributed by atoms with E-state index in [0.29, 0.717) is 30.2 Å². The molecule has 2 heterocycles. The van der Waals surface area contributed by atoms with Crippen LogP contribution in [0.25, 0.3) is 0 Å². The summed E-state index contributed by atoms with van der Waals surface area (Å²) in [4.78, 5) is 10.5. The van der Waals surface area contributed by atoms with E-state index < -0.39 is 9.84 Å². The van der Waals surface area contributed by atoms with Gasteiger partial charge < -0.3 is 14.4 Å². The van der Waals surface area contributed by atoms with E-state index in [2.05, 4.69) is 14.9 Å². The fraction of sp³-hybridized carbons (Fsp3) is 0.500. The van der Waals surface area contributed by atoms with E-state index in [-0.39, 0.29) is 5.16 Å². The molecule has 0 aliphatic carbocycles. The number of sulfone groups is 1. The predicted octanol–water partition coefficient (Wildman–Crippen LogP) is 2.34. The van der Waals surface area contributed by atoms with Gasteiger partial charge in [-0.3, -0.25) is 0 Å². The fourth-order valence-corrected chi connectivity index (χ4v) is 3.82. The zero-order chi connectivity index (χ0) is 20.0. The lowest BCUT2D eigenvalue weighted by molar-refractivity contribution is 0.254. The highest BCUT2D eigenvalue weighted by molar-refractivity contribution is 7.90. The van der Waals surface area contributed by atoms with Gasteiger partial charge in [-0.25, -0.2) is 18.4 Å². The second-order valence-electron chi connectivity index (χ2n) is 7.02. The van der Waals surface area contributed by atoms with Crippen molar-refractivity contribution in [2.75, 3.05) is 39.6 Å². The number of aromatic nitrogens is 2. The maximum atomic E-state index is 11.7. The Bertz CT molecular complexity index is 896. The van der Waals surface area contributed by atoms with Gasteiger partial charge in [0.15, 0.2) is 11.5 Å². The molecular weight excluding hydrogens is 378 g/mol. The topological polar surface area (TPSA) is 81.6 Å². The number of rotatable bonds is 9. The van der Waals surface area contributed by atoms with Crippen molar-refractivity contribution in [1.82, 2.24) is 14.9 Å². The summed E-state index contributed by atoms with van der Waals surface area (Å²) in [7, 11) is -1.81. The zero-order valence-electron chi connectivity index (χ0n) is 16.4. The van der Waals surface area contributed by atoms with Crippen LogP contribution in [0, 0.1) is 0 Å². The molecule has 28 heavy (non-hydrogen) atoms. The Kier molecular flexibility index (Phi) is 6.85. The molecule has 1 aliphatic rings. The number of hydrogen-bond acceptors (Lipinski definition) is 7. The monoisotopic (exact) mass is 405 g/mol. The Morgan fingerprint density at radius 1 is 1.14 bits per heavy atom. The lowest BCUT2D eigenvalue weighted by atomic mass is 10.1. The first-order chi connectivity index (χ1) is 13.5. The second-order valence-corrected chi connectivity index (χ2v) is 8.92. The van der Waals surface area contributed by atoms with E-state index in [4.69, 9.17) is 9.47 Å². The van der Waals surface area contributed by atoms with Crippen molar-refractivity contribution in [3.05, 3.63) is 41.7 Å². The molecule has 0 amide bonds. The number of likely N-dealkylation sites (tertiary alicyclic amines) is 1. The van der Waals surface area contributed by atoms with Gasteiger partial charge in [0.05, 0.1) is 13.7 Å². The Morgan fingerprint density at radius 2 is 1.93 bits per heavy atom. The van der Waals surface area contributed by atoms with Gasteiger partial charge in [0.25, 0.3) is 0 Å². The van der Waals surface area contributed by atoms with Gasteiger partial charge in [0.2, 0.25) is 15.0 Å². The number of methoxy groups -OCH3 is 1. The average Bonchev–Trinajstić information content (AvgIpc) is 3.18. The van der Waals surface area contributed by atoms with Crippen molar-refractivity contribution < 1.29 is 17.9 Å². The molecule has 0 spiro atoms. The van der Waals surface area contributed by atoms with Crippen LogP contribution in [0.4, 0.5) is 0 Å². The van der Waals surface area contributed by atoms with E-state index >= 15 is 0 Å². The van der Waals surface area contributed by atoms with Crippen molar-refractivity contribution in [2.45, 2.75) is 30.8 Å². The Balaban J connectivity index is 1.64. The molecule has 0 saturated carbocycles. The smallest absolute Gasteiger partial charge is 0.246 e. The van der Waals surface area contributed by atoms with Crippen LogP contribution in [0.1, 0.15) is 30.5 Å². The fourth-order valence-electron chi connectivity index (χ4n) is 3.28. The van der Waals surface area contributed by atoms with E-state index in [1.165, 1.54) is 32.1 Å². The summed E-state index contributed by atoms with van der Waals surface area (Å²) in [5, 5.41) is -0.156. The van der Waals surface area contributed by atoms with Crippen LogP contribution < -0.4 is 9.47 Å². The molecule has 1 aromatic carbocycles. The van der Waals surface area contributed by atoms with Gasteiger partial charge in [-0.05, 0) is 56.1 Å². The molecule has 1 saturated heterocycles. The molecule has 1 fully saturated rings. The first-order valence-electron chi connectivity index (χ1n) is 9.50. The van der Waals surface area contributed by atoms with Crippen LogP contribution in [-0.4, -0.2) is 62.9 Å². The molecule has 152 valence electrons. The lowest BCUT2D eigenvalue weighted by Crippen LogP contribution is -2.21. The summed E-state index contributed by atoms with van der Waals surface area (Å²) in [6, 6.07) is 7.44. The van der Waals surface area contributed by atoms with E-state index in [0.717, 1.165) is 24.8 Å². The van der Waals surface area contributed by atoms with Gasteiger partial charge in [-0.15, -0.1) is 0 Å². The third kappa shape index (κ3) is 5.65. The van der Waals surface area contributed by atoms with Crippen molar-refractivity contribution in [2.24, 2.45) is 0 Å². The Morgan fingerprint density at radius 3 is 2.64 bits per heavy atom. The zero-order valence-corrected chi connectivity index (χ0v) is 17.2. The van der Waals surface area contributed by atoms with Crippen molar-refractivity contribution in [1.29, 1.82) is 0 Å². The van der Waals surface area contributed by atoms with Gasteiger partial charge in [-0.2, -0.15) is 0 Å². The van der Waals surface area contributed by atoms with Gasteiger partial charge in [0, 0.05) is 31.1 Å². The van der Waals surface area contributed by atoms with Crippen molar-refractivity contribution in [3.8, 4) is 11.5 Å². The third-order valence-corrected chi connectivity index (χ3v) is 5.57. The van der Waals surface area contributed by atoms with E-state index in [9.17, 15) is 8.42 Å². The Hall–Kier alpha value is -2.19. The normalized spacial score (nSPS) is 14.9. The van der Waals surface area contributed by atoms with E-state index in [1.54, 1.807) is 13.2 Å². The number of benzene rings is 1. The number of ether oxygens (including phenoxy) is 2. The SMILES string of the molecule is COc1ccc(Cc2ccnc(S(C)(=O)=O)n2)cc1OCCCN1CCCC1. The summed E-state index contributed by atoms with van der Waals surface area (Å²) < 4.78 is 34.7. The second kappa shape index (κ2) is 9.34. The van der Waals surface area contributed by atoms with Crippen LogP contribution in [0.5, 0.6) is 11.5 Å². The summed E-state index contributed by atoms with van der Waals surface area (Å²) in [6.45, 7) is 4.06. The average molecular weight is 406 g/mol. The number of nitrogens with zero attached hydrogens (tertiary/aromatic N) is 3. The molecule has 8 heteroatoms. The molecular formula is C20H27N3O4S. The highest BCUT2D eigenvalue weighted by atomic mass is 32.2. The van der Waals surface area contributed by atoms with Crippen LogP contribution in [0.2, 0.25) is 0 Å². The van der Waals surface area contributed by atoms with Crippen molar-refractivity contribution >= 4 is 9.84 Å². The predicted molar refractivity (Wildman–Crippen MR) is 107 cm³/mol. The molecule has 3 rings (SSSR count). The van der Waals surface area contributed by atoms with Gasteiger partial charge in [-0.1, -0.05) is 6.07 Å². The lowest BCUT2D eigenvalue weighted by Gasteiger charge is -2.16. The van der Waals surface area contributed by atoms with Gasteiger partial charge >= 0.3 is 0 Å². The van der Waals surface area contributed by atoms with Crippen molar-refractivity contribution in [3.63, 3.8) is 0 Å². The summed E-state index contributed by atoms with van der Waals surface area (Å²) in [6.07, 6.45) is 6.61. The van der Waals surface area contributed by atoms with Crippen LogP contribution in [0.3, 0.4) is 0 Å². The van der Waals surface area contributed by atoms with Crippen LogP contribution in [0.15, 0.2) is 35.6 Å². The minimum Gasteiger partial charge on any atom is -0.493 e. The van der Waals surface area contributed by atoms with Crippen LogP contribution >= 0.6 is 0 Å². The third-order valence-electron chi connectivity index (χ3n) is 4.71. The summed E-state index contributed by atoms with van der Waals surface area (Å²) >= 11 is 0. The summed E-state index contributed by atoms with van der Waals surface area (Å²) in [5.41, 5.74) is 1.61. The maximum absolute atomic E-state index is 11.7. The first kappa shape index (κ1) is 20.5. The quantitative estimate of drug-likeness (QED) is 0.468. The number of hydrogen-bond donors (Lipinski definition) is 0. The maximum Gasteiger partial charge on any atom is 0.246 e. The Labute approximate surface area is 166 Å². The highest BCUT2D eigenvalue weighted by Crippen LogP contribution is 2.29. The first-order valence-corrected chi connectivity index (χ1v) is 11.4. The molecule has 0 atom stereocenters. The van der Waals surface area contributed by atoms with Gasteiger partial charge in [0.1, 0.15) is 0 Å². The molecule has 0 bridgehead atoms. The molecule has 2 aromatic rings. The standard InChI is InChI=1S/C20H27N3O4S/c1-26-18-7-6-16(14-17-8-9-21-20(22-17)28(2,24)25)15-19(18)27-13-5-12-23-10-3-4-11-23/h6-9,15H,3-5,10-14H2,1-2H3. The largest absolute Gasteiger partial charge is 0.493 e. The molecule has 7 nitrogen and oxygen atoms in total. The molecule has 0 N–H and O–H groups in total. The molecule has 1 aromatic heterocycles. The molecule has 0 unspecified atom stereocenters. The summed E-state index contributed by atoms with van der Waals surface area (Å²) in [5.74, 6) is 1.38. The minimum absolute atomic E-state index is 0.156. The minimum atomic E-state index is -3.43.